The summed E-state index contributed by atoms with van der Waals surface area (Å²) in [5, 5.41) is 11.2. The van der Waals surface area contributed by atoms with E-state index >= 15 is 0 Å². The Morgan fingerprint density at radius 2 is 2.00 bits per heavy atom. The van der Waals surface area contributed by atoms with Crippen LogP contribution in [0, 0.1) is 5.92 Å². The van der Waals surface area contributed by atoms with Crippen LogP contribution in [0.5, 0.6) is 0 Å². The van der Waals surface area contributed by atoms with Crippen LogP contribution in [0.4, 0.5) is 4.79 Å². The number of alkyl carbamates (subject to hydrolysis) is 1. The van der Waals surface area contributed by atoms with Crippen molar-refractivity contribution < 1.29 is 19.4 Å². The molecule has 0 rings (SSSR count). The van der Waals surface area contributed by atoms with E-state index in [1.807, 2.05) is 20.8 Å². The lowest BCUT2D eigenvalue weighted by molar-refractivity contribution is -0.139. The highest BCUT2D eigenvalue weighted by atomic mass is 16.5. The molecule has 5 nitrogen and oxygen atoms in total. The van der Waals surface area contributed by atoms with Gasteiger partial charge in [0.15, 0.2) is 0 Å². The van der Waals surface area contributed by atoms with E-state index in [-0.39, 0.29) is 5.92 Å². The van der Waals surface area contributed by atoms with Crippen molar-refractivity contribution in [2.24, 2.45) is 5.92 Å². The molecule has 0 saturated carbocycles. The van der Waals surface area contributed by atoms with E-state index in [2.05, 4.69) is 5.32 Å². The fourth-order valence-corrected chi connectivity index (χ4v) is 1.19. The zero-order valence-electron chi connectivity index (χ0n) is 10.2. The summed E-state index contributed by atoms with van der Waals surface area (Å²) >= 11 is 0. The van der Waals surface area contributed by atoms with Crippen molar-refractivity contribution in [2.45, 2.75) is 46.1 Å². The van der Waals surface area contributed by atoms with Crippen LogP contribution in [0.25, 0.3) is 0 Å². The van der Waals surface area contributed by atoms with Gasteiger partial charge in [0.2, 0.25) is 0 Å². The van der Waals surface area contributed by atoms with Gasteiger partial charge in [-0.2, -0.15) is 0 Å². The molecule has 0 aromatic heterocycles. The van der Waals surface area contributed by atoms with E-state index in [1.165, 1.54) is 0 Å². The number of hydrogen-bond acceptors (Lipinski definition) is 3. The number of hydrogen-bond donors (Lipinski definition) is 2. The van der Waals surface area contributed by atoms with E-state index in [9.17, 15) is 9.59 Å². The summed E-state index contributed by atoms with van der Waals surface area (Å²) in [7, 11) is 0. The molecular weight excluding hydrogens is 210 g/mol. The fraction of sp³-hybridized carbons (Fsp3) is 0.818. The second kappa shape index (κ2) is 7.96. The smallest absolute Gasteiger partial charge is 0.407 e. The van der Waals surface area contributed by atoms with Gasteiger partial charge in [-0.05, 0) is 18.8 Å². The third-order valence-corrected chi connectivity index (χ3v) is 2.03. The lowest BCUT2D eigenvalue weighted by atomic mass is 10.0. The minimum atomic E-state index is -1.03. The number of carboxylic acids is 1. The maximum atomic E-state index is 11.2. The molecule has 1 unspecified atom stereocenters. The number of aliphatic carboxylic acids is 1. The summed E-state index contributed by atoms with van der Waals surface area (Å²) in [6, 6.07) is -0.867. The van der Waals surface area contributed by atoms with Gasteiger partial charge in [-0.1, -0.05) is 27.2 Å². The number of unbranched alkanes of at least 4 members (excludes halogenated alkanes) is 1. The van der Waals surface area contributed by atoms with Gasteiger partial charge < -0.3 is 15.2 Å². The SMILES string of the molecule is CCCCOC(=O)NC(CC(C)C)C(=O)O. The molecule has 0 bridgehead atoms. The summed E-state index contributed by atoms with van der Waals surface area (Å²) in [5.41, 5.74) is 0. The molecule has 0 saturated heterocycles. The Bertz CT molecular complexity index is 228. The first-order chi connectivity index (χ1) is 7.47. The minimum absolute atomic E-state index is 0.206. The highest BCUT2D eigenvalue weighted by Crippen LogP contribution is 2.05. The van der Waals surface area contributed by atoms with E-state index in [4.69, 9.17) is 9.84 Å². The monoisotopic (exact) mass is 231 g/mol. The number of carboxylic acid groups (broad SMARTS) is 1. The fourth-order valence-electron chi connectivity index (χ4n) is 1.19. The summed E-state index contributed by atoms with van der Waals surface area (Å²) < 4.78 is 4.83. The molecular formula is C11H21NO4. The summed E-state index contributed by atoms with van der Waals surface area (Å²) in [6.07, 6.45) is 1.47. The molecule has 0 aromatic rings. The summed E-state index contributed by atoms with van der Waals surface area (Å²) in [5.74, 6) is -0.821. The Morgan fingerprint density at radius 3 is 2.44 bits per heavy atom. The second-order valence-corrected chi connectivity index (χ2v) is 4.15. The van der Waals surface area contributed by atoms with Gasteiger partial charge in [-0.3, -0.25) is 0 Å². The zero-order valence-corrected chi connectivity index (χ0v) is 10.2. The van der Waals surface area contributed by atoms with Crippen LogP contribution in [0.1, 0.15) is 40.0 Å². The van der Waals surface area contributed by atoms with Crippen LogP contribution >= 0.6 is 0 Å². The number of ether oxygens (including phenoxy) is 1. The molecule has 2 N–H and O–H groups in total. The van der Waals surface area contributed by atoms with Crippen molar-refractivity contribution in [2.75, 3.05) is 6.61 Å². The van der Waals surface area contributed by atoms with E-state index in [1.54, 1.807) is 0 Å². The standard InChI is InChI=1S/C11H21NO4/c1-4-5-6-16-11(15)12-9(10(13)14)7-8(2)3/h8-9H,4-7H2,1-3H3,(H,12,15)(H,13,14). The minimum Gasteiger partial charge on any atom is -0.480 e. The molecule has 0 aromatic carbocycles. The molecule has 5 heteroatoms. The predicted molar refractivity (Wildman–Crippen MR) is 60.3 cm³/mol. The van der Waals surface area contributed by atoms with Crippen LogP contribution in [-0.2, 0) is 9.53 Å². The number of carbonyl (C=O) groups is 2. The first kappa shape index (κ1) is 14.7. The molecule has 0 aliphatic heterocycles. The van der Waals surface area contributed by atoms with Gasteiger partial charge in [0.25, 0.3) is 0 Å². The Balaban J connectivity index is 3.98. The highest BCUT2D eigenvalue weighted by Gasteiger charge is 2.21. The van der Waals surface area contributed by atoms with Crippen LogP contribution in [0.15, 0.2) is 0 Å². The quantitative estimate of drug-likeness (QED) is 0.657. The second-order valence-electron chi connectivity index (χ2n) is 4.15. The first-order valence-electron chi connectivity index (χ1n) is 5.63. The Morgan fingerprint density at radius 1 is 1.38 bits per heavy atom. The Labute approximate surface area is 96.2 Å². The van der Waals surface area contributed by atoms with Crippen molar-refractivity contribution in [1.29, 1.82) is 0 Å². The van der Waals surface area contributed by atoms with Crippen LogP contribution in [0.2, 0.25) is 0 Å². The molecule has 94 valence electrons. The number of nitrogens with one attached hydrogen (secondary N) is 1. The van der Waals surface area contributed by atoms with E-state index in [0.717, 1.165) is 12.8 Å². The Kier molecular flexibility index (Phi) is 7.33. The third-order valence-electron chi connectivity index (χ3n) is 2.03. The predicted octanol–water partition coefficient (Wildman–Crippen LogP) is 2.01. The molecule has 0 aliphatic carbocycles. The van der Waals surface area contributed by atoms with Crippen molar-refractivity contribution in [1.82, 2.24) is 5.32 Å². The zero-order chi connectivity index (χ0) is 12.6. The molecule has 0 aliphatic rings. The topological polar surface area (TPSA) is 75.6 Å². The van der Waals surface area contributed by atoms with Crippen LogP contribution < -0.4 is 5.32 Å². The molecule has 0 radical (unpaired) electrons. The maximum absolute atomic E-state index is 11.2. The van der Waals surface area contributed by atoms with Gasteiger partial charge >= 0.3 is 12.1 Å². The maximum Gasteiger partial charge on any atom is 0.407 e. The molecule has 0 heterocycles. The lowest BCUT2D eigenvalue weighted by Gasteiger charge is -2.16. The van der Waals surface area contributed by atoms with Crippen molar-refractivity contribution in [3.05, 3.63) is 0 Å². The van der Waals surface area contributed by atoms with Crippen molar-refractivity contribution >= 4 is 12.1 Å². The van der Waals surface area contributed by atoms with Gasteiger partial charge in [-0.25, -0.2) is 9.59 Å². The van der Waals surface area contributed by atoms with Crippen molar-refractivity contribution in [3.63, 3.8) is 0 Å². The highest BCUT2D eigenvalue weighted by molar-refractivity contribution is 5.79. The largest absolute Gasteiger partial charge is 0.480 e. The van der Waals surface area contributed by atoms with Crippen LogP contribution in [0.3, 0.4) is 0 Å². The van der Waals surface area contributed by atoms with Gasteiger partial charge in [-0.15, -0.1) is 0 Å². The summed E-state index contributed by atoms with van der Waals surface area (Å²) in [4.78, 5) is 22.0. The van der Waals surface area contributed by atoms with Crippen molar-refractivity contribution in [3.8, 4) is 0 Å². The summed E-state index contributed by atoms with van der Waals surface area (Å²) in [6.45, 7) is 6.12. The third kappa shape index (κ3) is 7.09. The lowest BCUT2D eigenvalue weighted by Crippen LogP contribution is -2.42. The normalized spacial score (nSPS) is 12.2. The molecule has 16 heavy (non-hydrogen) atoms. The number of carbonyl (C=O) groups excluding carboxylic acids is 1. The average molecular weight is 231 g/mol. The molecule has 0 spiro atoms. The molecule has 0 fully saturated rings. The van der Waals surface area contributed by atoms with Gasteiger partial charge in [0.1, 0.15) is 6.04 Å². The van der Waals surface area contributed by atoms with Gasteiger partial charge in [0, 0.05) is 0 Å². The number of rotatable bonds is 7. The van der Waals surface area contributed by atoms with Crippen LogP contribution in [-0.4, -0.2) is 29.8 Å². The molecule has 1 amide bonds. The average Bonchev–Trinajstić information content (AvgIpc) is 2.16. The number of amides is 1. The van der Waals surface area contributed by atoms with E-state index < -0.39 is 18.1 Å². The first-order valence-corrected chi connectivity index (χ1v) is 5.63. The molecule has 1 atom stereocenters. The Hall–Kier alpha value is -1.26. The van der Waals surface area contributed by atoms with Gasteiger partial charge in [0.05, 0.1) is 6.61 Å². The van der Waals surface area contributed by atoms with E-state index in [0.29, 0.717) is 13.0 Å².